The van der Waals surface area contributed by atoms with Crippen molar-refractivity contribution in [2.24, 2.45) is 5.92 Å². The zero-order valence-electron chi connectivity index (χ0n) is 15.9. The summed E-state index contributed by atoms with van der Waals surface area (Å²) in [6.07, 6.45) is 3.24. The van der Waals surface area contributed by atoms with E-state index in [1.165, 1.54) is 0 Å². The molecule has 0 spiro atoms. The lowest BCUT2D eigenvalue weighted by Gasteiger charge is -2.32. The van der Waals surface area contributed by atoms with E-state index in [9.17, 15) is 9.59 Å². The molecule has 1 aromatic carbocycles. The van der Waals surface area contributed by atoms with Gasteiger partial charge in [-0.15, -0.1) is 12.4 Å². The van der Waals surface area contributed by atoms with Crippen molar-refractivity contribution in [3.8, 4) is 0 Å². The SMILES string of the molecule is CNCCC1CCN(C(=O)c2ccccc2NC(=O)NC(C)C)CC1.Cl. The summed E-state index contributed by atoms with van der Waals surface area (Å²) in [5, 5.41) is 8.76. The molecule has 1 heterocycles. The number of piperidine rings is 1. The summed E-state index contributed by atoms with van der Waals surface area (Å²) in [7, 11) is 1.97. The molecule has 0 saturated carbocycles. The molecule has 6 nitrogen and oxygen atoms in total. The summed E-state index contributed by atoms with van der Waals surface area (Å²) >= 11 is 0. The van der Waals surface area contributed by atoms with Crippen molar-refractivity contribution >= 4 is 30.0 Å². The molecule has 0 bridgehead atoms. The molecule has 0 aromatic heterocycles. The number of nitrogens with zero attached hydrogens (tertiary/aromatic N) is 1. The minimum absolute atomic E-state index is 0. The van der Waals surface area contributed by atoms with E-state index in [1.807, 2.05) is 37.9 Å². The van der Waals surface area contributed by atoms with Gasteiger partial charge < -0.3 is 20.9 Å². The van der Waals surface area contributed by atoms with Crippen LogP contribution in [0.25, 0.3) is 0 Å². The van der Waals surface area contributed by atoms with E-state index < -0.39 is 0 Å². The Kier molecular flexibility index (Phi) is 9.44. The van der Waals surface area contributed by atoms with Crippen molar-refractivity contribution in [3.05, 3.63) is 29.8 Å². The highest BCUT2D eigenvalue weighted by Crippen LogP contribution is 2.24. The first-order valence-electron chi connectivity index (χ1n) is 9.11. The number of carbonyl (C=O) groups is 2. The van der Waals surface area contributed by atoms with E-state index in [2.05, 4.69) is 16.0 Å². The number of urea groups is 1. The van der Waals surface area contributed by atoms with E-state index >= 15 is 0 Å². The highest BCUT2D eigenvalue weighted by Gasteiger charge is 2.25. The molecular weight excluding hydrogens is 352 g/mol. The number of carbonyl (C=O) groups excluding carboxylic acids is 2. The molecule has 1 aliphatic heterocycles. The summed E-state index contributed by atoms with van der Waals surface area (Å²) in [6, 6.07) is 6.96. The number of rotatable bonds is 6. The molecule has 146 valence electrons. The van der Waals surface area contributed by atoms with Crippen molar-refractivity contribution in [1.82, 2.24) is 15.5 Å². The molecule has 3 N–H and O–H groups in total. The number of amides is 3. The third-order valence-electron chi connectivity index (χ3n) is 4.53. The van der Waals surface area contributed by atoms with Crippen LogP contribution < -0.4 is 16.0 Å². The quantitative estimate of drug-likeness (QED) is 0.707. The second-order valence-corrected chi connectivity index (χ2v) is 6.93. The molecule has 7 heteroatoms. The first-order chi connectivity index (χ1) is 12.0. The van der Waals surface area contributed by atoms with Crippen molar-refractivity contribution in [1.29, 1.82) is 0 Å². The van der Waals surface area contributed by atoms with Gasteiger partial charge in [-0.25, -0.2) is 4.79 Å². The van der Waals surface area contributed by atoms with Crippen LogP contribution in [0.5, 0.6) is 0 Å². The first-order valence-corrected chi connectivity index (χ1v) is 9.11. The van der Waals surface area contributed by atoms with Gasteiger partial charge in [0.1, 0.15) is 0 Å². The van der Waals surface area contributed by atoms with Gasteiger partial charge in [-0.2, -0.15) is 0 Å². The van der Waals surface area contributed by atoms with Gasteiger partial charge in [0, 0.05) is 19.1 Å². The Hall–Kier alpha value is -1.79. The van der Waals surface area contributed by atoms with Crippen LogP contribution in [-0.4, -0.2) is 49.6 Å². The van der Waals surface area contributed by atoms with Crippen molar-refractivity contribution in [3.63, 3.8) is 0 Å². The summed E-state index contributed by atoms with van der Waals surface area (Å²) in [5.41, 5.74) is 1.11. The van der Waals surface area contributed by atoms with Crippen molar-refractivity contribution < 1.29 is 9.59 Å². The lowest BCUT2D eigenvalue weighted by molar-refractivity contribution is 0.0688. The summed E-state index contributed by atoms with van der Waals surface area (Å²) in [4.78, 5) is 26.8. The first kappa shape index (κ1) is 22.3. The minimum Gasteiger partial charge on any atom is -0.339 e. The Bertz CT molecular complexity index is 587. The maximum atomic E-state index is 12.9. The fraction of sp³-hybridized carbons (Fsp3) is 0.579. The van der Waals surface area contributed by atoms with Gasteiger partial charge in [-0.3, -0.25) is 4.79 Å². The number of benzene rings is 1. The molecule has 0 atom stereocenters. The largest absolute Gasteiger partial charge is 0.339 e. The second-order valence-electron chi connectivity index (χ2n) is 6.93. The van der Waals surface area contributed by atoms with Crippen LogP contribution in [0.1, 0.15) is 43.5 Å². The average Bonchev–Trinajstić information content (AvgIpc) is 2.59. The molecule has 3 amide bonds. The van der Waals surface area contributed by atoms with E-state index in [0.29, 0.717) is 17.2 Å². The Morgan fingerprint density at radius 2 is 1.85 bits per heavy atom. The molecule has 0 radical (unpaired) electrons. The predicted octanol–water partition coefficient (Wildman–Crippen LogP) is 3.10. The fourth-order valence-corrected chi connectivity index (χ4v) is 3.14. The van der Waals surface area contributed by atoms with Gasteiger partial charge >= 0.3 is 6.03 Å². The highest BCUT2D eigenvalue weighted by molar-refractivity contribution is 6.03. The Morgan fingerprint density at radius 3 is 2.46 bits per heavy atom. The minimum atomic E-state index is -0.291. The van der Waals surface area contributed by atoms with E-state index in [-0.39, 0.29) is 30.4 Å². The Morgan fingerprint density at radius 1 is 1.19 bits per heavy atom. The van der Waals surface area contributed by atoms with Crippen LogP contribution >= 0.6 is 12.4 Å². The van der Waals surface area contributed by atoms with Gasteiger partial charge in [0.2, 0.25) is 0 Å². The van der Waals surface area contributed by atoms with Crippen molar-refractivity contribution in [2.45, 2.75) is 39.2 Å². The number of halogens is 1. The second kappa shape index (κ2) is 11.0. The zero-order chi connectivity index (χ0) is 18.2. The van der Waals surface area contributed by atoms with Gasteiger partial charge in [0.05, 0.1) is 11.3 Å². The predicted molar refractivity (Wildman–Crippen MR) is 108 cm³/mol. The fourth-order valence-electron chi connectivity index (χ4n) is 3.14. The van der Waals surface area contributed by atoms with Crippen LogP contribution in [0.15, 0.2) is 24.3 Å². The molecular formula is C19H31ClN4O2. The summed E-state index contributed by atoms with van der Waals surface area (Å²) in [5.74, 6) is 0.675. The Labute approximate surface area is 162 Å². The number of para-hydroxylation sites is 1. The maximum Gasteiger partial charge on any atom is 0.319 e. The molecule has 1 fully saturated rings. The summed E-state index contributed by atoms with van der Waals surface area (Å²) in [6.45, 7) is 6.37. The number of hydrogen-bond acceptors (Lipinski definition) is 3. The third kappa shape index (κ3) is 6.50. The topological polar surface area (TPSA) is 73.5 Å². The maximum absolute atomic E-state index is 12.9. The van der Waals surface area contributed by atoms with Gasteiger partial charge in [0.15, 0.2) is 0 Å². The lowest BCUT2D eigenvalue weighted by atomic mass is 9.93. The monoisotopic (exact) mass is 382 g/mol. The molecule has 1 aromatic rings. The highest BCUT2D eigenvalue weighted by atomic mass is 35.5. The number of likely N-dealkylation sites (tertiary alicyclic amines) is 1. The molecule has 1 aliphatic rings. The van der Waals surface area contributed by atoms with Gasteiger partial charge in [0.25, 0.3) is 5.91 Å². The van der Waals surface area contributed by atoms with Gasteiger partial charge in [-0.05, 0) is 64.8 Å². The van der Waals surface area contributed by atoms with Crippen LogP contribution in [0.2, 0.25) is 0 Å². The lowest BCUT2D eigenvalue weighted by Crippen LogP contribution is -2.40. The third-order valence-corrected chi connectivity index (χ3v) is 4.53. The normalized spacial score (nSPS) is 14.7. The number of nitrogens with one attached hydrogen (secondary N) is 3. The smallest absolute Gasteiger partial charge is 0.319 e. The van der Waals surface area contributed by atoms with E-state index in [0.717, 1.165) is 38.9 Å². The molecule has 2 rings (SSSR count). The molecule has 26 heavy (non-hydrogen) atoms. The Balaban J connectivity index is 0.00000338. The van der Waals surface area contributed by atoms with Crippen LogP contribution in [0.4, 0.5) is 10.5 Å². The van der Waals surface area contributed by atoms with Crippen LogP contribution in [-0.2, 0) is 0 Å². The zero-order valence-corrected chi connectivity index (χ0v) is 16.7. The number of hydrogen-bond donors (Lipinski definition) is 3. The van der Waals surface area contributed by atoms with Crippen LogP contribution in [0.3, 0.4) is 0 Å². The van der Waals surface area contributed by atoms with Crippen molar-refractivity contribution in [2.75, 3.05) is 32.0 Å². The number of anilines is 1. The molecule has 0 aliphatic carbocycles. The molecule has 1 saturated heterocycles. The standard InChI is InChI=1S/C19H30N4O2.ClH/c1-14(2)21-19(25)22-17-7-5-4-6-16(17)18(24)23-12-9-15(10-13-23)8-11-20-3;/h4-7,14-15,20H,8-13H2,1-3H3,(H2,21,22,25);1H. The average molecular weight is 383 g/mol. The van der Waals surface area contributed by atoms with E-state index in [1.54, 1.807) is 12.1 Å². The van der Waals surface area contributed by atoms with Crippen LogP contribution in [0, 0.1) is 5.92 Å². The summed E-state index contributed by atoms with van der Waals surface area (Å²) < 4.78 is 0. The van der Waals surface area contributed by atoms with Gasteiger partial charge in [-0.1, -0.05) is 12.1 Å². The van der Waals surface area contributed by atoms with E-state index in [4.69, 9.17) is 0 Å². The molecule has 0 unspecified atom stereocenters.